The summed E-state index contributed by atoms with van der Waals surface area (Å²) >= 11 is 0. The molecule has 0 bridgehead atoms. The van der Waals surface area contributed by atoms with Gasteiger partial charge < -0.3 is 9.47 Å². The molecule has 1 saturated heterocycles. The number of nitrogens with zero attached hydrogens (tertiary/aromatic N) is 6. The van der Waals surface area contributed by atoms with Crippen molar-refractivity contribution < 1.29 is 4.79 Å². The third-order valence-corrected chi connectivity index (χ3v) is 5.36. The molecule has 0 N–H and O–H groups in total. The fraction of sp³-hybridized carbons (Fsp3) is 0.667. The van der Waals surface area contributed by atoms with Crippen molar-refractivity contribution in [3.8, 4) is 0 Å². The van der Waals surface area contributed by atoms with Gasteiger partial charge in [-0.25, -0.2) is 0 Å². The molecule has 1 unspecified atom stereocenters. The first-order valence-corrected chi connectivity index (χ1v) is 9.42. The minimum atomic E-state index is 0.100. The molecule has 2 aromatic rings. The Bertz CT molecular complexity index is 732. The van der Waals surface area contributed by atoms with Gasteiger partial charge in [-0.3, -0.25) is 9.48 Å². The summed E-state index contributed by atoms with van der Waals surface area (Å²) in [6.45, 7) is 5.40. The first-order chi connectivity index (χ1) is 12.2. The van der Waals surface area contributed by atoms with Gasteiger partial charge in [-0.05, 0) is 50.5 Å². The summed E-state index contributed by atoms with van der Waals surface area (Å²) in [7, 11) is 0. The van der Waals surface area contributed by atoms with Gasteiger partial charge in [-0.15, -0.1) is 10.2 Å². The van der Waals surface area contributed by atoms with Crippen molar-refractivity contribution in [1.29, 1.82) is 0 Å². The Morgan fingerprint density at radius 3 is 2.96 bits per heavy atom. The van der Waals surface area contributed by atoms with E-state index in [0.29, 0.717) is 11.6 Å². The number of aromatic nitrogens is 5. The van der Waals surface area contributed by atoms with Crippen molar-refractivity contribution >= 4 is 5.91 Å². The van der Waals surface area contributed by atoms with Crippen molar-refractivity contribution in [3.05, 3.63) is 30.1 Å². The predicted molar refractivity (Wildman–Crippen MR) is 93.0 cm³/mol. The molecule has 1 amide bonds. The zero-order valence-corrected chi connectivity index (χ0v) is 14.8. The predicted octanol–water partition coefficient (Wildman–Crippen LogP) is 2.00. The monoisotopic (exact) mass is 342 g/mol. The number of piperidine rings is 1. The van der Waals surface area contributed by atoms with Gasteiger partial charge in [0, 0.05) is 38.8 Å². The number of hydrogen-bond acceptors (Lipinski definition) is 4. The van der Waals surface area contributed by atoms with E-state index in [9.17, 15) is 4.79 Å². The Labute approximate surface area is 148 Å². The second-order valence-electron chi connectivity index (χ2n) is 7.34. The van der Waals surface area contributed by atoms with E-state index < -0.39 is 0 Å². The van der Waals surface area contributed by atoms with Gasteiger partial charge in [0.1, 0.15) is 17.8 Å². The molecule has 1 saturated carbocycles. The van der Waals surface area contributed by atoms with Crippen molar-refractivity contribution in [2.45, 2.75) is 52.1 Å². The standard InChI is InChI=1S/C18H26N6O/c1-2-24-16(7-8-20-24)18(25)22-9-3-4-15(12-22)10-17-21-19-13-23(17)11-14-5-6-14/h7-8,13-15H,2-6,9-12H2,1H3. The first-order valence-electron chi connectivity index (χ1n) is 9.42. The molecule has 4 rings (SSSR count). The van der Waals surface area contributed by atoms with Gasteiger partial charge >= 0.3 is 0 Å². The lowest BCUT2D eigenvalue weighted by Crippen LogP contribution is -2.41. The van der Waals surface area contributed by atoms with Crippen LogP contribution in [-0.2, 0) is 19.5 Å². The summed E-state index contributed by atoms with van der Waals surface area (Å²) < 4.78 is 3.99. The molecule has 0 aromatic carbocycles. The van der Waals surface area contributed by atoms with Crippen molar-refractivity contribution in [3.63, 3.8) is 0 Å². The van der Waals surface area contributed by atoms with Gasteiger partial charge in [0.2, 0.25) is 0 Å². The summed E-state index contributed by atoms with van der Waals surface area (Å²) in [5, 5.41) is 12.7. The molecule has 0 spiro atoms. The van der Waals surface area contributed by atoms with Crippen LogP contribution in [0.4, 0.5) is 0 Å². The lowest BCUT2D eigenvalue weighted by Gasteiger charge is -2.32. The number of rotatable bonds is 6. The smallest absolute Gasteiger partial charge is 0.272 e. The number of amides is 1. The topological polar surface area (TPSA) is 68.8 Å². The Hall–Kier alpha value is -2.18. The Morgan fingerprint density at radius 1 is 1.28 bits per heavy atom. The van der Waals surface area contributed by atoms with Gasteiger partial charge in [-0.2, -0.15) is 5.10 Å². The minimum Gasteiger partial charge on any atom is -0.337 e. The molecule has 2 aliphatic rings. The highest BCUT2D eigenvalue weighted by molar-refractivity contribution is 5.92. The number of aryl methyl sites for hydroxylation is 1. The number of carbonyl (C=O) groups is 1. The van der Waals surface area contributed by atoms with E-state index in [1.807, 2.05) is 24.2 Å². The van der Waals surface area contributed by atoms with Crippen molar-refractivity contribution in [2.24, 2.45) is 11.8 Å². The molecule has 134 valence electrons. The Morgan fingerprint density at radius 2 is 2.16 bits per heavy atom. The third-order valence-electron chi connectivity index (χ3n) is 5.36. The largest absolute Gasteiger partial charge is 0.337 e. The molecule has 3 heterocycles. The van der Waals surface area contributed by atoms with E-state index >= 15 is 0 Å². The zero-order valence-electron chi connectivity index (χ0n) is 14.8. The molecular formula is C18H26N6O. The minimum absolute atomic E-state index is 0.100. The Kier molecular flexibility index (Phi) is 4.55. The van der Waals surface area contributed by atoms with E-state index in [2.05, 4.69) is 19.9 Å². The fourth-order valence-corrected chi connectivity index (χ4v) is 3.77. The van der Waals surface area contributed by atoms with Gasteiger partial charge in [0.15, 0.2) is 0 Å². The highest BCUT2D eigenvalue weighted by atomic mass is 16.2. The van der Waals surface area contributed by atoms with Crippen molar-refractivity contribution in [2.75, 3.05) is 13.1 Å². The van der Waals surface area contributed by atoms with Crippen LogP contribution < -0.4 is 0 Å². The molecule has 1 aliphatic heterocycles. The zero-order chi connectivity index (χ0) is 17.2. The molecule has 2 fully saturated rings. The summed E-state index contributed by atoms with van der Waals surface area (Å²) in [6.07, 6.45) is 9.32. The van der Waals surface area contributed by atoms with Crippen LogP contribution in [0, 0.1) is 11.8 Å². The van der Waals surface area contributed by atoms with Gasteiger partial charge in [0.25, 0.3) is 5.91 Å². The van der Waals surface area contributed by atoms with E-state index in [1.54, 1.807) is 10.9 Å². The maximum absolute atomic E-state index is 12.8. The molecular weight excluding hydrogens is 316 g/mol. The molecule has 7 heteroatoms. The summed E-state index contributed by atoms with van der Waals surface area (Å²) in [6, 6.07) is 1.82. The summed E-state index contributed by atoms with van der Waals surface area (Å²) in [4.78, 5) is 14.8. The highest BCUT2D eigenvalue weighted by Crippen LogP contribution is 2.31. The average Bonchev–Trinajstić information content (AvgIpc) is 3.14. The normalized spacial score (nSPS) is 20.8. The molecule has 0 radical (unpaired) electrons. The SMILES string of the molecule is CCn1nccc1C(=O)N1CCCC(Cc2nncn2CC2CC2)C1. The number of hydrogen-bond donors (Lipinski definition) is 0. The van der Waals surface area contributed by atoms with E-state index in [-0.39, 0.29) is 5.91 Å². The highest BCUT2D eigenvalue weighted by Gasteiger charge is 2.28. The number of carbonyl (C=O) groups excluding carboxylic acids is 1. The van der Waals surface area contributed by atoms with Crippen LogP contribution >= 0.6 is 0 Å². The molecule has 1 atom stereocenters. The average molecular weight is 342 g/mol. The van der Waals surface area contributed by atoms with Crippen LogP contribution in [0.2, 0.25) is 0 Å². The van der Waals surface area contributed by atoms with Crippen LogP contribution in [-0.4, -0.2) is 48.4 Å². The molecule has 7 nitrogen and oxygen atoms in total. The second kappa shape index (κ2) is 6.98. The maximum Gasteiger partial charge on any atom is 0.272 e. The maximum atomic E-state index is 12.8. The quantitative estimate of drug-likeness (QED) is 0.805. The van der Waals surface area contributed by atoms with Gasteiger partial charge in [-0.1, -0.05) is 0 Å². The fourth-order valence-electron chi connectivity index (χ4n) is 3.77. The van der Waals surface area contributed by atoms with E-state index in [1.165, 1.54) is 12.8 Å². The third kappa shape index (κ3) is 3.60. The van der Waals surface area contributed by atoms with E-state index in [0.717, 1.165) is 57.2 Å². The van der Waals surface area contributed by atoms with Gasteiger partial charge in [0.05, 0.1) is 0 Å². The number of likely N-dealkylation sites (tertiary alicyclic amines) is 1. The summed E-state index contributed by atoms with van der Waals surface area (Å²) in [5.41, 5.74) is 0.694. The molecule has 2 aromatic heterocycles. The molecule has 25 heavy (non-hydrogen) atoms. The van der Waals surface area contributed by atoms with Crippen LogP contribution in [0.3, 0.4) is 0 Å². The van der Waals surface area contributed by atoms with E-state index in [4.69, 9.17) is 0 Å². The van der Waals surface area contributed by atoms with Crippen LogP contribution in [0.5, 0.6) is 0 Å². The van der Waals surface area contributed by atoms with Crippen LogP contribution in [0.1, 0.15) is 48.9 Å². The Balaban J connectivity index is 1.41. The van der Waals surface area contributed by atoms with Crippen molar-refractivity contribution in [1.82, 2.24) is 29.4 Å². The first kappa shape index (κ1) is 16.3. The summed E-state index contributed by atoms with van der Waals surface area (Å²) in [5.74, 6) is 2.44. The van der Waals surface area contributed by atoms with Crippen LogP contribution in [0.15, 0.2) is 18.6 Å². The second-order valence-corrected chi connectivity index (χ2v) is 7.34. The lowest BCUT2D eigenvalue weighted by atomic mass is 9.94. The lowest BCUT2D eigenvalue weighted by molar-refractivity contribution is 0.0659. The molecule has 1 aliphatic carbocycles. The van der Waals surface area contributed by atoms with Crippen LogP contribution in [0.25, 0.3) is 0 Å².